The van der Waals surface area contributed by atoms with Gasteiger partial charge in [-0.25, -0.2) is 0 Å². The van der Waals surface area contributed by atoms with Gasteiger partial charge in [0.1, 0.15) is 0 Å². The van der Waals surface area contributed by atoms with E-state index in [4.69, 9.17) is 11.5 Å². The van der Waals surface area contributed by atoms with Crippen LogP contribution in [0.4, 0.5) is 11.4 Å². The second-order valence-corrected chi connectivity index (χ2v) is 5.83. The lowest BCUT2D eigenvalue weighted by Crippen LogP contribution is -1.87. The van der Waals surface area contributed by atoms with Crippen molar-refractivity contribution >= 4 is 43.2 Å². The number of aryl methyl sites for hydroxylation is 2. The Hall–Kier alpha value is -1.00. The molecule has 0 fully saturated rings. The summed E-state index contributed by atoms with van der Waals surface area (Å²) >= 11 is 6.66. The van der Waals surface area contributed by atoms with E-state index in [2.05, 4.69) is 31.9 Å². The molecule has 0 aliphatic rings. The Balaban J connectivity index is 0.000000180. The molecule has 2 rings (SSSR count). The number of anilines is 2. The summed E-state index contributed by atoms with van der Waals surface area (Å²) < 4.78 is 2.11. The van der Waals surface area contributed by atoms with Gasteiger partial charge in [0.2, 0.25) is 0 Å². The fraction of sp³-hybridized carbons (Fsp3) is 0.143. The molecule has 0 aliphatic heterocycles. The summed E-state index contributed by atoms with van der Waals surface area (Å²) in [4.78, 5) is 0. The lowest BCUT2D eigenvalue weighted by Gasteiger charge is -1.97. The van der Waals surface area contributed by atoms with Gasteiger partial charge in [-0.2, -0.15) is 0 Å². The molecule has 2 aromatic carbocycles. The fourth-order valence-electron chi connectivity index (χ4n) is 1.25. The average molecular weight is 372 g/mol. The summed E-state index contributed by atoms with van der Waals surface area (Å²) in [5.74, 6) is 0. The van der Waals surface area contributed by atoms with Gasteiger partial charge in [-0.3, -0.25) is 0 Å². The summed E-state index contributed by atoms with van der Waals surface area (Å²) in [6, 6.07) is 11.7. The third-order valence-corrected chi connectivity index (χ3v) is 3.46. The lowest BCUT2D eigenvalue weighted by atomic mass is 10.2. The molecule has 0 bridgehead atoms. The fourth-order valence-corrected chi connectivity index (χ4v) is 2.10. The van der Waals surface area contributed by atoms with Crippen LogP contribution in [0.2, 0.25) is 0 Å². The Morgan fingerprint density at radius 3 is 1.72 bits per heavy atom. The number of nitrogen functional groups attached to an aromatic ring is 2. The number of halogens is 2. The van der Waals surface area contributed by atoms with E-state index < -0.39 is 0 Å². The molecule has 0 aromatic heterocycles. The number of hydrogen-bond donors (Lipinski definition) is 2. The van der Waals surface area contributed by atoms with Gasteiger partial charge in [0.25, 0.3) is 0 Å². The van der Waals surface area contributed by atoms with E-state index in [-0.39, 0.29) is 0 Å². The zero-order valence-electron chi connectivity index (χ0n) is 10.4. The molecule has 2 aromatic rings. The smallest absolute Gasteiger partial charge is 0.0355 e. The normalized spacial score (nSPS) is 9.56. The number of hydrogen-bond acceptors (Lipinski definition) is 2. The monoisotopic (exact) mass is 370 g/mol. The van der Waals surface area contributed by atoms with Crippen molar-refractivity contribution in [2.24, 2.45) is 0 Å². The molecule has 2 nitrogen and oxygen atoms in total. The zero-order chi connectivity index (χ0) is 13.7. The molecule has 0 saturated carbocycles. The molecule has 0 atom stereocenters. The van der Waals surface area contributed by atoms with Crippen LogP contribution in [0.5, 0.6) is 0 Å². The van der Waals surface area contributed by atoms with E-state index in [0.717, 1.165) is 31.4 Å². The minimum absolute atomic E-state index is 0.837. The topological polar surface area (TPSA) is 52.0 Å². The molecule has 4 heteroatoms. The van der Waals surface area contributed by atoms with Gasteiger partial charge in [-0.15, -0.1) is 0 Å². The number of benzene rings is 2. The quantitative estimate of drug-likeness (QED) is 0.660. The Morgan fingerprint density at radius 1 is 0.722 bits per heavy atom. The van der Waals surface area contributed by atoms with Crippen molar-refractivity contribution in [2.75, 3.05) is 11.5 Å². The zero-order valence-corrected chi connectivity index (χ0v) is 13.5. The van der Waals surface area contributed by atoms with Crippen LogP contribution < -0.4 is 11.5 Å². The highest BCUT2D eigenvalue weighted by atomic mass is 79.9. The van der Waals surface area contributed by atoms with Crippen LogP contribution in [0.25, 0.3) is 0 Å². The largest absolute Gasteiger partial charge is 0.399 e. The summed E-state index contributed by atoms with van der Waals surface area (Å²) in [5, 5.41) is 0. The molecule has 0 amide bonds. The van der Waals surface area contributed by atoms with Crippen molar-refractivity contribution in [1.29, 1.82) is 0 Å². The van der Waals surface area contributed by atoms with Crippen molar-refractivity contribution in [2.45, 2.75) is 13.8 Å². The Kier molecular flexibility index (Phi) is 5.69. The molecule has 0 unspecified atom stereocenters. The van der Waals surface area contributed by atoms with Crippen LogP contribution in [0.3, 0.4) is 0 Å². The van der Waals surface area contributed by atoms with Crippen LogP contribution in [-0.4, -0.2) is 0 Å². The second-order valence-electron chi connectivity index (χ2n) is 4.00. The molecule has 0 heterocycles. The highest BCUT2D eigenvalue weighted by Gasteiger charge is 1.91. The van der Waals surface area contributed by atoms with E-state index in [0.29, 0.717) is 0 Å². The summed E-state index contributed by atoms with van der Waals surface area (Å²) in [5.41, 5.74) is 15.1. The third-order valence-electron chi connectivity index (χ3n) is 2.47. The van der Waals surface area contributed by atoms with E-state index in [9.17, 15) is 0 Å². The predicted octanol–water partition coefficient (Wildman–Crippen LogP) is 4.68. The standard InChI is InChI=1S/2C7H8BrN/c1-5-4-6(8)2-3-7(5)9;1-5-2-3-6(8)4-7(5)9/h2*2-4H,9H2,1H3. The molecule has 96 valence electrons. The van der Waals surface area contributed by atoms with E-state index in [1.807, 2.05) is 50.2 Å². The van der Waals surface area contributed by atoms with Crippen LogP contribution in [0.1, 0.15) is 11.1 Å². The summed E-state index contributed by atoms with van der Waals surface area (Å²) in [6.45, 7) is 3.97. The van der Waals surface area contributed by atoms with Crippen LogP contribution in [0.15, 0.2) is 45.3 Å². The molecular weight excluding hydrogens is 356 g/mol. The lowest BCUT2D eigenvalue weighted by molar-refractivity contribution is 1.45. The van der Waals surface area contributed by atoms with Gasteiger partial charge in [0.05, 0.1) is 0 Å². The van der Waals surface area contributed by atoms with Crippen LogP contribution in [0, 0.1) is 13.8 Å². The minimum Gasteiger partial charge on any atom is -0.399 e. The average Bonchev–Trinajstić information content (AvgIpc) is 2.30. The molecule has 0 spiro atoms. The summed E-state index contributed by atoms with van der Waals surface area (Å²) in [7, 11) is 0. The predicted molar refractivity (Wildman–Crippen MR) is 86.6 cm³/mol. The van der Waals surface area contributed by atoms with Crippen molar-refractivity contribution in [1.82, 2.24) is 0 Å². The Bertz CT molecular complexity index is 490. The first kappa shape index (κ1) is 15.1. The van der Waals surface area contributed by atoms with Gasteiger partial charge in [0, 0.05) is 20.3 Å². The molecule has 18 heavy (non-hydrogen) atoms. The first-order valence-corrected chi connectivity index (χ1v) is 7.02. The van der Waals surface area contributed by atoms with Crippen molar-refractivity contribution in [3.63, 3.8) is 0 Å². The SMILES string of the molecule is Cc1cc(Br)ccc1N.Cc1ccc(Br)cc1N. The molecular formula is C14H16Br2N2. The number of rotatable bonds is 0. The van der Waals surface area contributed by atoms with Gasteiger partial charge >= 0.3 is 0 Å². The number of nitrogens with two attached hydrogens (primary N) is 2. The maximum atomic E-state index is 5.59. The van der Waals surface area contributed by atoms with Crippen molar-refractivity contribution in [3.8, 4) is 0 Å². The van der Waals surface area contributed by atoms with Gasteiger partial charge in [-0.05, 0) is 55.3 Å². The molecule has 4 N–H and O–H groups in total. The maximum Gasteiger partial charge on any atom is 0.0355 e. The summed E-state index contributed by atoms with van der Waals surface area (Å²) in [6.07, 6.45) is 0. The van der Waals surface area contributed by atoms with Gasteiger partial charge < -0.3 is 11.5 Å². The minimum atomic E-state index is 0.837. The second kappa shape index (κ2) is 6.81. The van der Waals surface area contributed by atoms with Crippen LogP contribution in [-0.2, 0) is 0 Å². The van der Waals surface area contributed by atoms with Crippen molar-refractivity contribution in [3.05, 3.63) is 56.5 Å². The first-order chi connectivity index (χ1) is 8.40. The Morgan fingerprint density at radius 2 is 1.28 bits per heavy atom. The molecule has 0 aliphatic carbocycles. The maximum absolute atomic E-state index is 5.59. The van der Waals surface area contributed by atoms with E-state index >= 15 is 0 Å². The highest BCUT2D eigenvalue weighted by Crippen LogP contribution is 2.17. The Labute approximate surface area is 125 Å². The van der Waals surface area contributed by atoms with Gasteiger partial charge in [0.15, 0.2) is 0 Å². The first-order valence-electron chi connectivity index (χ1n) is 5.43. The van der Waals surface area contributed by atoms with E-state index in [1.54, 1.807) is 0 Å². The van der Waals surface area contributed by atoms with Gasteiger partial charge in [-0.1, -0.05) is 37.9 Å². The third kappa shape index (κ3) is 4.70. The van der Waals surface area contributed by atoms with Crippen LogP contribution >= 0.6 is 31.9 Å². The highest BCUT2D eigenvalue weighted by molar-refractivity contribution is 9.10. The molecule has 0 radical (unpaired) electrons. The molecule has 0 saturated heterocycles. The van der Waals surface area contributed by atoms with E-state index in [1.165, 1.54) is 0 Å². The van der Waals surface area contributed by atoms with Crippen molar-refractivity contribution < 1.29 is 0 Å².